The third kappa shape index (κ3) is 5.59. The lowest BCUT2D eigenvalue weighted by atomic mass is 9.89. The molecule has 2 aromatic rings. The Labute approximate surface area is 206 Å². The van der Waals surface area contributed by atoms with Crippen molar-refractivity contribution in [3.63, 3.8) is 0 Å². The highest BCUT2D eigenvalue weighted by Crippen LogP contribution is 2.41. The number of hydrogen-bond acceptors (Lipinski definition) is 5. The fourth-order valence-corrected chi connectivity index (χ4v) is 4.62. The molecule has 1 atom stereocenters. The normalized spacial score (nSPS) is 16.5. The zero-order chi connectivity index (χ0) is 25.3. The van der Waals surface area contributed by atoms with Crippen LogP contribution in [-0.2, 0) is 16.0 Å². The van der Waals surface area contributed by atoms with Crippen molar-refractivity contribution in [2.24, 2.45) is 0 Å². The summed E-state index contributed by atoms with van der Waals surface area (Å²) >= 11 is 0. The molecule has 3 N–H and O–H groups in total. The molecule has 8 nitrogen and oxygen atoms in total. The predicted molar refractivity (Wildman–Crippen MR) is 134 cm³/mol. The quantitative estimate of drug-likeness (QED) is 0.516. The largest absolute Gasteiger partial charge is 0.493 e. The van der Waals surface area contributed by atoms with Crippen molar-refractivity contribution in [3.8, 4) is 16.9 Å². The minimum atomic E-state index is -1.24. The maximum absolute atomic E-state index is 12.6. The highest BCUT2D eigenvalue weighted by atomic mass is 16.5. The first-order valence-electron chi connectivity index (χ1n) is 12.3. The lowest BCUT2D eigenvalue weighted by Gasteiger charge is -2.30. The molecule has 188 valence electrons. The number of carbonyl (C=O) groups is 2. The first-order valence-corrected chi connectivity index (χ1v) is 12.3. The molecule has 1 aromatic heterocycles. The number of amides is 2. The van der Waals surface area contributed by atoms with E-state index in [1.165, 1.54) is 0 Å². The SMILES string of the molecule is Cc1nc(NC(=O)NC2CCC2)c(C)c(C(OC(C)(C)C)C(=O)O)c1-c1ccc2c(c1)CCCO2. The molecule has 1 aliphatic heterocycles. The number of carbonyl (C=O) groups excluding carboxylic acids is 1. The summed E-state index contributed by atoms with van der Waals surface area (Å²) in [6.07, 6.45) is 3.62. The van der Waals surface area contributed by atoms with Gasteiger partial charge in [0.1, 0.15) is 11.6 Å². The van der Waals surface area contributed by atoms with E-state index in [2.05, 4.69) is 10.6 Å². The highest BCUT2D eigenvalue weighted by Gasteiger charge is 2.33. The molecule has 0 bridgehead atoms. The van der Waals surface area contributed by atoms with Crippen molar-refractivity contribution in [2.45, 2.75) is 84.5 Å². The average Bonchev–Trinajstić information content (AvgIpc) is 2.76. The van der Waals surface area contributed by atoms with Crippen LogP contribution in [0.4, 0.5) is 10.6 Å². The smallest absolute Gasteiger partial charge is 0.337 e. The fourth-order valence-electron chi connectivity index (χ4n) is 4.62. The van der Waals surface area contributed by atoms with Crippen LogP contribution in [0.15, 0.2) is 18.2 Å². The third-order valence-corrected chi connectivity index (χ3v) is 6.50. The van der Waals surface area contributed by atoms with Crippen LogP contribution in [0, 0.1) is 13.8 Å². The zero-order valence-corrected chi connectivity index (χ0v) is 21.2. The van der Waals surface area contributed by atoms with Crippen LogP contribution in [0.5, 0.6) is 5.75 Å². The van der Waals surface area contributed by atoms with Crippen LogP contribution in [0.1, 0.15) is 74.9 Å². The molecule has 0 radical (unpaired) electrons. The summed E-state index contributed by atoms with van der Waals surface area (Å²) in [7, 11) is 0. The van der Waals surface area contributed by atoms with Gasteiger partial charge < -0.3 is 19.9 Å². The van der Waals surface area contributed by atoms with Gasteiger partial charge in [0.25, 0.3) is 0 Å². The van der Waals surface area contributed by atoms with Crippen LogP contribution >= 0.6 is 0 Å². The molecule has 1 saturated carbocycles. The highest BCUT2D eigenvalue weighted by molar-refractivity contribution is 5.91. The van der Waals surface area contributed by atoms with Crippen molar-refractivity contribution >= 4 is 17.8 Å². The molecule has 2 amide bonds. The molecule has 2 heterocycles. The van der Waals surface area contributed by atoms with Crippen LogP contribution in [0.25, 0.3) is 11.1 Å². The molecule has 4 rings (SSSR count). The predicted octanol–water partition coefficient (Wildman–Crippen LogP) is 5.31. The number of pyridine rings is 1. The summed E-state index contributed by atoms with van der Waals surface area (Å²) in [5.74, 6) is 0.0970. The topological polar surface area (TPSA) is 110 Å². The molecule has 1 unspecified atom stereocenters. The lowest BCUT2D eigenvalue weighted by molar-refractivity contribution is -0.160. The maximum Gasteiger partial charge on any atom is 0.337 e. The second-order valence-corrected chi connectivity index (χ2v) is 10.4. The fraction of sp³-hybridized carbons (Fsp3) is 0.519. The van der Waals surface area contributed by atoms with E-state index in [0.717, 1.165) is 49.0 Å². The maximum atomic E-state index is 12.6. The van der Waals surface area contributed by atoms with Crippen LogP contribution in [0.3, 0.4) is 0 Å². The Hall–Kier alpha value is -3.13. The van der Waals surface area contributed by atoms with Gasteiger partial charge in [0.05, 0.1) is 12.2 Å². The summed E-state index contributed by atoms with van der Waals surface area (Å²) in [5, 5.41) is 16.0. The summed E-state index contributed by atoms with van der Waals surface area (Å²) < 4.78 is 11.8. The molecule has 1 aliphatic carbocycles. The number of urea groups is 1. The average molecular weight is 482 g/mol. The van der Waals surface area contributed by atoms with Gasteiger partial charge in [-0.1, -0.05) is 6.07 Å². The van der Waals surface area contributed by atoms with Crippen molar-refractivity contribution in [2.75, 3.05) is 11.9 Å². The van der Waals surface area contributed by atoms with Gasteiger partial charge in [-0.3, -0.25) is 5.32 Å². The lowest BCUT2D eigenvalue weighted by Crippen LogP contribution is -2.42. The van der Waals surface area contributed by atoms with Crippen LogP contribution < -0.4 is 15.4 Å². The second-order valence-electron chi connectivity index (χ2n) is 10.4. The Morgan fingerprint density at radius 3 is 2.57 bits per heavy atom. The van der Waals surface area contributed by atoms with Crippen LogP contribution in [0.2, 0.25) is 0 Å². The molecule has 35 heavy (non-hydrogen) atoms. The number of aliphatic carboxylic acids is 1. The molecular weight excluding hydrogens is 446 g/mol. The Kier molecular flexibility index (Phi) is 7.03. The molecule has 0 spiro atoms. The van der Waals surface area contributed by atoms with Crippen molar-refractivity contribution in [1.82, 2.24) is 10.3 Å². The van der Waals surface area contributed by atoms with E-state index in [0.29, 0.717) is 34.8 Å². The van der Waals surface area contributed by atoms with Gasteiger partial charge in [-0.2, -0.15) is 0 Å². The molecule has 0 saturated heterocycles. The zero-order valence-electron chi connectivity index (χ0n) is 21.2. The number of rotatable bonds is 6. The monoisotopic (exact) mass is 481 g/mol. The number of anilines is 1. The number of benzene rings is 1. The molecular formula is C27H35N3O5. The summed E-state index contributed by atoms with van der Waals surface area (Å²) in [6.45, 7) is 9.79. The van der Waals surface area contributed by atoms with E-state index in [1.54, 1.807) is 6.92 Å². The standard InChI is InChI=1S/C27H35N3O5/c1-15-21(23(25(31)32)35-27(3,4)5)22(18-11-12-20-17(14-18)8-7-13-34-20)16(2)28-24(15)30-26(33)29-19-9-6-10-19/h11-12,14,19,23H,6-10,13H2,1-5H3,(H,31,32)(H2,28,29,30,33). The second kappa shape index (κ2) is 9.85. The van der Waals surface area contributed by atoms with Gasteiger partial charge in [-0.05, 0) is 95.5 Å². The van der Waals surface area contributed by atoms with E-state index >= 15 is 0 Å². The van der Waals surface area contributed by atoms with Crippen molar-refractivity contribution < 1.29 is 24.2 Å². The number of hydrogen-bond donors (Lipinski definition) is 3. The van der Waals surface area contributed by atoms with E-state index < -0.39 is 17.7 Å². The molecule has 1 fully saturated rings. The number of ether oxygens (including phenoxy) is 2. The summed E-state index contributed by atoms with van der Waals surface area (Å²) in [6, 6.07) is 5.75. The van der Waals surface area contributed by atoms with E-state index in [9.17, 15) is 14.7 Å². The van der Waals surface area contributed by atoms with Gasteiger partial charge >= 0.3 is 12.0 Å². The number of aryl methyl sites for hydroxylation is 2. The summed E-state index contributed by atoms with van der Waals surface area (Å²) in [5.41, 5.74) is 3.62. The van der Waals surface area contributed by atoms with Gasteiger partial charge in [0.2, 0.25) is 0 Å². The first-order chi connectivity index (χ1) is 16.5. The minimum Gasteiger partial charge on any atom is -0.493 e. The van der Waals surface area contributed by atoms with Gasteiger partial charge in [-0.15, -0.1) is 0 Å². The molecule has 8 heteroatoms. The Morgan fingerprint density at radius 1 is 1.20 bits per heavy atom. The number of fused-ring (bicyclic) bond motifs is 1. The first kappa shape index (κ1) is 25.0. The number of nitrogens with one attached hydrogen (secondary N) is 2. The van der Waals surface area contributed by atoms with Crippen molar-refractivity contribution in [3.05, 3.63) is 40.6 Å². The number of nitrogens with zero attached hydrogens (tertiary/aromatic N) is 1. The minimum absolute atomic E-state index is 0.170. The van der Waals surface area contributed by atoms with Gasteiger partial charge in [-0.25, -0.2) is 14.6 Å². The Balaban J connectivity index is 1.83. The third-order valence-electron chi connectivity index (χ3n) is 6.50. The van der Waals surface area contributed by atoms with E-state index in [4.69, 9.17) is 14.5 Å². The molecule has 2 aliphatic rings. The molecule has 1 aromatic carbocycles. The van der Waals surface area contributed by atoms with Crippen molar-refractivity contribution in [1.29, 1.82) is 0 Å². The van der Waals surface area contributed by atoms with Gasteiger partial charge in [0, 0.05) is 22.9 Å². The van der Waals surface area contributed by atoms with E-state index in [-0.39, 0.29) is 12.1 Å². The Bertz CT molecular complexity index is 1130. The number of carboxylic acids is 1. The van der Waals surface area contributed by atoms with Crippen LogP contribution in [-0.4, -0.2) is 40.3 Å². The summed E-state index contributed by atoms with van der Waals surface area (Å²) in [4.78, 5) is 29.8. The Morgan fingerprint density at radius 2 is 1.94 bits per heavy atom. The number of carboxylic acid groups (broad SMARTS) is 1. The van der Waals surface area contributed by atoms with Gasteiger partial charge in [0.15, 0.2) is 6.10 Å². The van der Waals surface area contributed by atoms with E-state index in [1.807, 2.05) is 45.9 Å². The number of aromatic nitrogens is 1.